The van der Waals surface area contributed by atoms with Gasteiger partial charge in [0, 0.05) is 30.7 Å². The number of hydrogen-bond acceptors (Lipinski definition) is 2. The fourth-order valence-electron chi connectivity index (χ4n) is 1.98. The molecule has 0 fully saturated rings. The molecule has 0 aliphatic carbocycles. The van der Waals surface area contributed by atoms with Crippen LogP contribution in [0.1, 0.15) is 32.4 Å². The van der Waals surface area contributed by atoms with Crippen molar-refractivity contribution >= 4 is 23.7 Å². The fraction of sp³-hybridized carbons (Fsp3) is 0.400. The van der Waals surface area contributed by atoms with Gasteiger partial charge in [-0.15, -0.1) is 11.8 Å². The molecule has 1 aliphatic rings. The minimum Gasteiger partial charge on any atom is -0.338 e. The summed E-state index contributed by atoms with van der Waals surface area (Å²) in [6.07, 6.45) is 4.13. The molecule has 0 spiro atoms. The molecule has 1 aromatic carbocycles. The zero-order valence-electron chi connectivity index (χ0n) is 10.3. The number of hydrogen-bond donors (Lipinski definition) is 0. The summed E-state index contributed by atoms with van der Waals surface area (Å²) >= 11 is 1.84. The maximum atomic E-state index is 11.5. The summed E-state index contributed by atoms with van der Waals surface area (Å²) in [5.41, 5.74) is 2.47. The number of thioether (sulfide) groups is 1. The number of carbonyl (C=O) groups is 1. The zero-order chi connectivity index (χ0) is 12.3. The van der Waals surface area contributed by atoms with Crippen molar-refractivity contribution in [3.63, 3.8) is 0 Å². The Hall–Kier alpha value is -1.22. The first-order chi connectivity index (χ1) is 8.20. The molecule has 2 nitrogen and oxygen atoms in total. The molecule has 1 aliphatic heterocycles. The van der Waals surface area contributed by atoms with Crippen LogP contribution in [-0.4, -0.2) is 23.1 Å². The maximum absolute atomic E-state index is 11.5. The summed E-state index contributed by atoms with van der Waals surface area (Å²) < 4.78 is 0. The number of rotatable bonds is 1. The van der Waals surface area contributed by atoms with E-state index in [-0.39, 0.29) is 13.3 Å². The summed E-state index contributed by atoms with van der Waals surface area (Å²) in [7, 11) is 0. The van der Waals surface area contributed by atoms with Crippen LogP contribution in [0.15, 0.2) is 29.2 Å². The second-order valence-electron chi connectivity index (χ2n) is 4.16. The molecular formula is C15H21NOS. The molecule has 0 aromatic heterocycles. The second-order valence-corrected chi connectivity index (χ2v) is 5.29. The molecule has 0 N–H and O–H groups in total. The molecule has 1 amide bonds. The first-order valence-corrected chi connectivity index (χ1v) is 6.83. The van der Waals surface area contributed by atoms with Crippen molar-refractivity contribution in [3.8, 4) is 0 Å². The van der Waals surface area contributed by atoms with Gasteiger partial charge in [0.15, 0.2) is 0 Å². The molecule has 1 aromatic rings. The van der Waals surface area contributed by atoms with Crippen LogP contribution in [-0.2, 0) is 11.3 Å². The number of benzene rings is 1. The highest BCUT2D eigenvalue weighted by molar-refractivity contribution is 7.99. The van der Waals surface area contributed by atoms with Crippen LogP contribution in [0.4, 0.5) is 0 Å². The van der Waals surface area contributed by atoms with Gasteiger partial charge >= 0.3 is 0 Å². The van der Waals surface area contributed by atoms with E-state index in [1.165, 1.54) is 16.0 Å². The lowest BCUT2D eigenvalue weighted by molar-refractivity contribution is -0.129. The Labute approximate surface area is 114 Å². The molecule has 0 atom stereocenters. The number of nitrogens with zero attached hydrogens (tertiary/aromatic N) is 1. The summed E-state index contributed by atoms with van der Waals surface area (Å²) in [5, 5.41) is 0. The van der Waals surface area contributed by atoms with Crippen molar-refractivity contribution in [1.29, 1.82) is 0 Å². The van der Waals surface area contributed by atoms with Gasteiger partial charge in [0.2, 0.25) is 5.91 Å². The lowest BCUT2D eigenvalue weighted by Gasteiger charge is -2.18. The van der Waals surface area contributed by atoms with E-state index in [0.29, 0.717) is 0 Å². The molecule has 98 valence electrons. The van der Waals surface area contributed by atoms with E-state index in [0.717, 1.165) is 18.8 Å². The van der Waals surface area contributed by atoms with E-state index in [2.05, 4.69) is 24.3 Å². The van der Waals surface area contributed by atoms with Gasteiger partial charge in [0.05, 0.1) is 0 Å². The topological polar surface area (TPSA) is 20.3 Å². The Morgan fingerprint density at radius 1 is 1.44 bits per heavy atom. The highest BCUT2D eigenvalue weighted by Gasteiger charge is 2.16. The summed E-state index contributed by atoms with van der Waals surface area (Å²) in [6.45, 7) is 5.24. The Morgan fingerprint density at radius 2 is 2.22 bits per heavy atom. The number of fused-ring (bicyclic) bond motifs is 1. The number of amides is 1. The molecule has 1 heterocycles. The van der Waals surface area contributed by atoms with Crippen molar-refractivity contribution < 1.29 is 4.79 Å². The summed E-state index contributed by atoms with van der Waals surface area (Å²) in [4.78, 5) is 14.7. The van der Waals surface area contributed by atoms with Crippen LogP contribution in [0.2, 0.25) is 0 Å². The summed E-state index contributed by atoms with van der Waals surface area (Å²) in [6, 6.07) is 6.48. The van der Waals surface area contributed by atoms with Gasteiger partial charge in [-0.1, -0.05) is 25.6 Å². The van der Waals surface area contributed by atoms with Gasteiger partial charge in [-0.05, 0) is 30.2 Å². The molecule has 0 saturated carbocycles. The standard InChI is InChI=1S/C14H17NOS.CH4/c1-3-4-12-5-6-14-13(9-12)10-15(11(2)16)7-8-17-14;/h3-6,9H,7-8,10H2,1-2H3;1H4/b4-3+;. The first-order valence-electron chi connectivity index (χ1n) is 5.84. The van der Waals surface area contributed by atoms with E-state index in [1.54, 1.807) is 6.92 Å². The van der Waals surface area contributed by atoms with Crippen molar-refractivity contribution in [2.75, 3.05) is 12.3 Å². The highest BCUT2D eigenvalue weighted by Crippen LogP contribution is 2.28. The average Bonchev–Trinajstić information content (AvgIpc) is 2.51. The second kappa shape index (κ2) is 6.64. The zero-order valence-corrected chi connectivity index (χ0v) is 11.1. The molecule has 3 heteroatoms. The first kappa shape index (κ1) is 14.8. The van der Waals surface area contributed by atoms with Gasteiger partial charge in [0.25, 0.3) is 0 Å². The molecule has 0 saturated heterocycles. The van der Waals surface area contributed by atoms with Crippen LogP contribution in [0.5, 0.6) is 0 Å². The third-order valence-corrected chi connectivity index (χ3v) is 3.96. The van der Waals surface area contributed by atoms with Crippen molar-refractivity contribution in [2.45, 2.75) is 32.7 Å². The Morgan fingerprint density at radius 3 is 2.89 bits per heavy atom. The Balaban J connectivity index is 0.00000162. The third-order valence-electron chi connectivity index (χ3n) is 2.87. The van der Waals surface area contributed by atoms with E-state index in [9.17, 15) is 4.79 Å². The molecule has 0 radical (unpaired) electrons. The van der Waals surface area contributed by atoms with Gasteiger partial charge in [-0.2, -0.15) is 0 Å². The summed E-state index contributed by atoms with van der Waals surface area (Å²) in [5.74, 6) is 1.14. The van der Waals surface area contributed by atoms with Crippen LogP contribution >= 0.6 is 11.8 Å². The van der Waals surface area contributed by atoms with E-state index < -0.39 is 0 Å². The lowest BCUT2D eigenvalue weighted by Crippen LogP contribution is -2.29. The van der Waals surface area contributed by atoms with Crippen molar-refractivity contribution in [1.82, 2.24) is 4.90 Å². The maximum Gasteiger partial charge on any atom is 0.219 e. The lowest BCUT2D eigenvalue weighted by atomic mass is 10.1. The van der Waals surface area contributed by atoms with Gasteiger partial charge in [-0.25, -0.2) is 0 Å². The molecule has 18 heavy (non-hydrogen) atoms. The van der Waals surface area contributed by atoms with Crippen LogP contribution < -0.4 is 0 Å². The minimum absolute atomic E-state index is 0. The molecular weight excluding hydrogens is 242 g/mol. The quantitative estimate of drug-likeness (QED) is 0.768. The Kier molecular flexibility index (Phi) is 5.48. The number of allylic oxidation sites excluding steroid dienone is 1. The highest BCUT2D eigenvalue weighted by atomic mass is 32.2. The number of carbonyl (C=O) groups excluding carboxylic acids is 1. The van der Waals surface area contributed by atoms with Crippen molar-refractivity contribution in [3.05, 3.63) is 35.4 Å². The minimum atomic E-state index is 0. The predicted octanol–water partition coefficient (Wildman–Crippen LogP) is 3.81. The Bertz CT molecular complexity index is 454. The van der Waals surface area contributed by atoms with Crippen LogP contribution in [0.25, 0.3) is 6.08 Å². The van der Waals surface area contributed by atoms with Gasteiger partial charge in [-0.3, -0.25) is 4.79 Å². The normalized spacial score (nSPS) is 14.9. The molecule has 2 rings (SSSR count). The average molecular weight is 263 g/mol. The van der Waals surface area contributed by atoms with Gasteiger partial charge < -0.3 is 4.90 Å². The molecule has 0 unspecified atom stereocenters. The smallest absolute Gasteiger partial charge is 0.219 e. The van der Waals surface area contributed by atoms with E-state index in [4.69, 9.17) is 0 Å². The fourth-order valence-corrected chi connectivity index (χ4v) is 2.98. The van der Waals surface area contributed by atoms with Gasteiger partial charge in [0.1, 0.15) is 0 Å². The predicted molar refractivity (Wildman–Crippen MR) is 79.7 cm³/mol. The van der Waals surface area contributed by atoms with Crippen LogP contribution in [0.3, 0.4) is 0 Å². The van der Waals surface area contributed by atoms with Crippen LogP contribution in [0, 0.1) is 0 Å². The van der Waals surface area contributed by atoms with Crippen molar-refractivity contribution in [2.24, 2.45) is 0 Å². The third kappa shape index (κ3) is 3.39. The SMILES string of the molecule is C.C/C=C/c1ccc2c(c1)CN(C(C)=O)CCS2. The largest absolute Gasteiger partial charge is 0.338 e. The van der Waals surface area contributed by atoms with E-state index in [1.807, 2.05) is 29.7 Å². The van der Waals surface area contributed by atoms with E-state index >= 15 is 0 Å². The monoisotopic (exact) mass is 263 g/mol. The molecule has 0 bridgehead atoms.